The molecule has 3 heteroatoms. The van der Waals surface area contributed by atoms with Crippen molar-refractivity contribution >= 4 is 5.97 Å². The maximum absolute atomic E-state index is 11.5. The minimum atomic E-state index is -0.643. The molecule has 0 spiro atoms. The first kappa shape index (κ1) is 14.5. The molecule has 0 saturated carbocycles. The van der Waals surface area contributed by atoms with Crippen LogP contribution in [-0.4, -0.2) is 34.6 Å². The molecule has 1 fully saturated rings. The lowest BCUT2D eigenvalue weighted by atomic mass is 9.90. The Morgan fingerprint density at radius 3 is 2.35 bits per heavy atom. The summed E-state index contributed by atoms with van der Waals surface area (Å²) in [6.07, 6.45) is 8.96. The van der Waals surface area contributed by atoms with Crippen molar-refractivity contribution in [2.45, 2.75) is 70.8 Å². The van der Waals surface area contributed by atoms with Crippen LogP contribution in [0.2, 0.25) is 0 Å². The molecular formula is C14H27NO2. The summed E-state index contributed by atoms with van der Waals surface area (Å²) in [6, 6.07) is 0. The van der Waals surface area contributed by atoms with Crippen molar-refractivity contribution in [2.24, 2.45) is 0 Å². The standard InChI is InChI=1S/C14H27NO2/c1-3-4-5-7-10-14(2,13(16)17)15-11-8-6-9-12-15/h3-12H2,1-2H3,(H,16,17)/t14-/m0/s1. The molecule has 0 aromatic carbocycles. The number of likely N-dealkylation sites (tertiary alicyclic amines) is 1. The Kier molecular flexibility index (Phi) is 5.96. The number of rotatable bonds is 7. The van der Waals surface area contributed by atoms with Crippen LogP contribution in [0.4, 0.5) is 0 Å². The number of hydrogen-bond acceptors (Lipinski definition) is 2. The van der Waals surface area contributed by atoms with Crippen molar-refractivity contribution in [3.05, 3.63) is 0 Å². The molecule has 1 aliphatic rings. The summed E-state index contributed by atoms with van der Waals surface area (Å²) < 4.78 is 0. The van der Waals surface area contributed by atoms with Crippen LogP contribution >= 0.6 is 0 Å². The zero-order chi connectivity index (χ0) is 12.7. The number of aliphatic carboxylic acids is 1. The highest BCUT2D eigenvalue weighted by atomic mass is 16.4. The molecule has 1 saturated heterocycles. The predicted octanol–water partition coefficient (Wildman–Crippen LogP) is 3.29. The monoisotopic (exact) mass is 241 g/mol. The number of unbranched alkanes of at least 4 members (excludes halogenated alkanes) is 3. The molecule has 1 N–H and O–H groups in total. The first-order valence-corrected chi connectivity index (χ1v) is 7.09. The van der Waals surface area contributed by atoms with E-state index in [1.807, 2.05) is 6.92 Å². The molecule has 0 unspecified atom stereocenters. The average molecular weight is 241 g/mol. The van der Waals surface area contributed by atoms with Crippen LogP contribution in [0.25, 0.3) is 0 Å². The molecule has 1 aliphatic heterocycles. The van der Waals surface area contributed by atoms with Gasteiger partial charge in [0, 0.05) is 0 Å². The molecule has 0 amide bonds. The van der Waals surface area contributed by atoms with Crippen LogP contribution in [0, 0.1) is 0 Å². The first-order valence-electron chi connectivity index (χ1n) is 7.09. The highest BCUT2D eigenvalue weighted by molar-refractivity contribution is 5.78. The van der Waals surface area contributed by atoms with E-state index in [4.69, 9.17) is 0 Å². The number of piperidine rings is 1. The minimum absolute atomic E-state index is 0.631. The second kappa shape index (κ2) is 7.00. The van der Waals surface area contributed by atoms with E-state index in [0.29, 0.717) is 0 Å². The molecule has 0 aromatic rings. The van der Waals surface area contributed by atoms with Gasteiger partial charge >= 0.3 is 5.97 Å². The third-order valence-corrected chi connectivity index (χ3v) is 4.03. The van der Waals surface area contributed by atoms with Gasteiger partial charge in [0.25, 0.3) is 0 Å². The van der Waals surface area contributed by atoms with E-state index in [1.165, 1.54) is 19.3 Å². The molecular weight excluding hydrogens is 214 g/mol. The summed E-state index contributed by atoms with van der Waals surface area (Å²) in [7, 11) is 0. The maximum Gasteiger partial charge on any atom is 0.323 e. The second-order valence-electron chi connectivity index (χ2n) is 5.44. The van der Waals surface area contributed by atoms with Gasteiger partial charge in [-0.3, -0.25) is 9.69 Å². The summed E-state index contributed by atoms with van der Waals surface area (Å²) >= 11 is 0. The van der Waals surface area contributed by atoms with Crippen LogP contribution < -0.4 is 0 Å². The topological polar surface area (TPSA) is 40.5 Å². The van der Waals surface area contributed by atoms with E-state index in [1.54, 1.807) is 0 Å². The van der Waals surface area contributed by atoms with E-state index in [9.17, 15) is 9.90 Å². The Morgan fingerprint density at radius 1 is 1.18 bits per heavy atom. The molecule has 0 radical (unpaired) electrons. The minimum Gasteiger partial charge on any atom is -0.480 e. The molecule has 1 heterocycles. The van der Waals surface area contributed by atoms with Gasteiger partial charge in [-0.2, -0.15) is 0 Å². The van der Waals surface area contributed by atoms with Crippen molar-refractivity contribution in [3.8, 4) is 0 Å². The number of carboxylic acid groups (broad SMARTS) is 1. The van der Waals surface area contributed by atoms with Gasteiger partial charge < -0.3 is 5.11 Å². The van der Waals surface area contributed by atoms with Gasteiger partial charge in [-0.25, -0.2) is 0 Å². The van der Waals surface area contributed by atoms with Gasteiger partial charge in [0.1, 0.15) is 5.54 Å². The van der Waals surface area contributed by atoms with Gasteiger partial charge in [-0.1, -0.05) is 39.0 Å². The zero-order valence-corrected chi connectivity index (χ0v) is 11.4. The fourth-order valence-corrected chi connectivity index (χ4v) is 2.68. The largest absolute Gasteiger partial charge is 0.480 e. The Bertz CT molecular complexity index is 236. The summed E-state index contributed by atoms with van der Waals surface area (Å²) in [5, 5.41) is 9.50. The number of nitrogens with zero attached hydrogens (tertiary/aromatic N) is 1. The van der Waals surface area contributed by atoms with Crippen LogP contribution in [0.1, 0.15) is 65.2 Å². The summed E-state index contributed by atoms with van der Waals surface area (Å²) in [5.41, 5.74) is -0.631. The van der Waals surface area contributed by atoms with Crippen molar-refractivity contribution in [3.63, 3.8) is 0 Å². The Morgan fingerprint density at radius 2 is 1.82 bits per heavy atom. The fourth-order valence-electron chi connectivity index (χ4n) is 2.68. The van der Waals surface area contributed by atoms with Crippen molar-refractivity contribution in [1.82, 2.24) is 4.90 Å². The predicted molar refractivity (Wildman–Crippen MR) is 70.2 cm³/mol. The summed E-state index contributed by atoms with van der Waals surface area (Å²) in [4.78, 5) is 13.7. The van der Waals surface area contributed by atoms with Crippen molar-refractivity contribution < 1.29 is 9.90 Å². The zero-order valence-electron chi connectivity index (χ0n) is 11.4. The molecule has 1 atom stereocenters. The van der Waals surface area contributed by atoms with Gasteiger partial charge in [0.2, 0.25) is 0 Å². The normalized spacial score (nSPS) is 21.1. The molecule has 17 heavy (non-hydrogen) atoms. The highest BCUT2D eigenvalue weighted by Gasteiger charge is 2.39. The van der Waals surface area contributed by atoms with E-state index in [2.05, 4.69) is 11.8 Å². The molecule has 0 bridgehead atoms. The summed E-state index contributed by atoms with van der Waals surface area (Å²) in [6.45, 7) is 6.00. The molecule has 1 rings (SSSR count). The van der Waals surface area contributed by atoms with Gasteiger partial charge in [0.05, 0.1) is 0 Å². The number of carboxylic acids is 1. The van der Waals surface area contributed by atoms with E-state index < -0.39 is 11.5 Å². The van der Waals surface area contributed by atoms with E-state index >= 15 is 0 Å². The van der Waals surface area contributed by atoms with Crippen LogP contribution in [-0.2, 0) is 4.79 Å². The first-order chi connectivity index (χ1) is 8.11. The molecule has 100 valence electrons. The van der Waals surface area contributed by atoms with Crippen molar-refractivity contribution in [1.29, 1.82) is 0 Å². The second-order valence-corrected chi connectivity index (χ2v) is 5.44. The lowest BCUT2D eigenvalue weighted by Crippen LogP contribution is -2.54. The Balaban J connectivity index is 2.51. The summed E-state index contributed by atoms with van der Waals surface area (Å²) in [5.74, 6) is -0.643. The highest BCUT2D eigenvalue weighted by Crippen LogP contribution is 2.26. The number of carbonyl (C=O) groups is 1. The van der Waals surface area contributed by atoms with E-state index in [-0.39, 0.29) is 0 Å². The lowest BCUT2D eigenvalue weighted by Gasteiger charge is -2.40. The third kappa shape index (κ3) is 3.98. The van der Waals surface area contributed by atoms with Crippen LogP contribution in [0.15, 0.2) is 0 Å². The molecule has 3 nitrogen and oxygen atoms in total. The maximum atomic E-state index is 11.5. The third-order valence-electron chi connectivity index (χ3n) is 4.03. The van der Waals surface area contributed by atoms with Crippen LogP contribution in [0.3, 0.4) is 0 Å². The van der Waals surface area contributed by atoms with Gasteiger partial charge in [0.15, 0.2) is 0 Å². The molecule has 0 aliphatic carbocycles. The Labute approximate surface area is 105 Å². The fraction of sp³-hybridized carbons (Fsp3) is 0.929. The average Bonchev–Trinajstić information content (AvgIpc) is 2.35. The van der Waals surface area contributed by atoms with Gasteiger partial charge in [-0.05, 0) is 39.3 Å². The quantitative estimate of drug-likeness (QED) is 0.695. The van der Waals surface area contributed by atoms with E-state index in [0.717, 1.165) is 45.2 Å². The number of hydrogen-bond donors (Lipinski definition) is 1. The smallest absolute Gasteiger partial charge is 0.323 e. The molecule has 0 aromatic heterocycles. The van der Waals surface area contributed by atoms with Crippen LogP contribution in [0.5, 0.6) is 0 Å². The van der Waals surface area contributed by atoms with Gasteiger partial charge in [-0.15, -0.1) is 0 Å². The Hall–Kier alpha value is -0.570. The SMILES string of the molecule is CCCCCC[C@@](C)(C(=O)O)N1CCCCC1. The lowest BCUT2D eigenvalue weighted by molar-refractivity contribution is -0.152. The van der Waals surface area contributed by atoms with Crippen molar-refractivity contribution in [2.75, 3.05) is 13.1 Å².